The maximum absolute atomic E-state index is 6.11. The van der Waals surface area contributed by atoms with Crippen molar-refractivity contribution in [2.24, 2.45) is 5.92 Å². The summed E-state index contributed by atoms with van der Waals surface area (Å²) >= 11 is 5.10. The van der Waals surface area contributed by atoms with Gasteiger partial charge >= 0.3 is 0 Å². The lowest BCUT2D eigenvalue weighted by Gasteiger charge is -2.30. The predicted molar refractivity (Wildman–Crippen MR) is 96.6 cm³/mol. The van der Waals surface area contributed by atoms with Crippen LogP contribution in [0.5, 0.6) is 0 Å². The average molecular weight is 344 g/mol. The molecule has 2 aliphatic heterocycles. The van der Waals surface area contributed by atoms with Crippen molar-refractivity contribution in [2.75, 3.05) is 24.5 Å². The van der Waals surface area contributed by atoms with Gasteiger partial charge in [0.2, 0.25) is 0 Å². The van der Waals surface area contributed by atoms with Crippen molar-refractivity contribution < 1.29 is 4.42 Å². The van der Waals surface area contributed by atoms with Gasteiger partial charge in [-0.2, -0.15) is 0 Å². The topological polar surface area (TPSA) is 48.3 Å². The number of anilines is 1. The highest BCUT2D eigenvalue weighted by Crippen LogP contribution is 2.26. The number of H-pyrrole nitrogens is 1. The summed E-state index contributed by atoms with van der Waals surface area (Å²) < 4.78 is 6.69. The van der Waals surface area contributed by atoms with Crippen LogP contribution in [0.4, 0.5) is 5.88 Å². The Kier molecular flexibility index (Phi) is 4.41. The first-order valence-electron chi connectivity index (χ1n) is 8.80. The first-order valence-corrected chi connectivity index (χ1v) is 9.21. The largest absolute Gasteiger partial charge is 0.444 e. The summed E-state index contributed by atoms with van der Waals surface area (Å²) in [4.78, 5) is 12.2. The zero-order valence-corrected chi connectivity index (χ0v) is 14.9. The molecule has 0 amide bonds. The van der Waals surface area contributed by atoms with Crippen LogP contribution in [0, 0.1) is 10.7 Å². The number of hydrogen-bond acceptors (Lipinski definition) is 5. The Morgan fingerprint density at radius 1 is 1.29 bits per heavy atom. The Morgan fingerprint density at radius 2 is 2.12 bits per heavy atom. The second kappa shape index (κ2) is 6.69. The van der Waals surface area contributed by atoms with Crippen molar-refractivity contribution >= 4 is 18.1 Å². The molecule has 24 heavy (non-hydrogen) atoms. The third kappa shape index (κ3) is 3.39. The predicted octanol–water partition coefficient (Wildman–Crippen LogP) is 3.53. The highest BCUT2D eigenvalue weighted by atomic mass is 32.1. The van der Waals surface area contributed by atoms with Gasteiger partial charge in [0.1, 0.15) is 5.76 Å². The lowest BCUT2D eigenvalue weighted by Crippen LogP contribution is -2.32. The average Bonchev–Trinajstić information content (AvgIpc) is 3.04. The number of piperidine rings is 1. The maximum atomic E-state index is 6.11. The van der Waals surface area contributed by atoms with E-state index in [1.807, 2.05) is 6.20 Å². The molecular formula is C18H24N4OS. The number of nitrogens with one attached hydrogen (secondary N) is 1. The van der Waals surface area contributed by atoms with Crippen LogP contribution in [0.3, 0.4) is 0 Å². The number of nitrogens with zero attached hydrogens (tertiary/aromatic N) is 3. The summed E-state index contributed by atoms with van der Waals surface area (Å²) in [5.74, 6) is 2.91. The van der Waals surface area contributed by atoms with Crippen molar-refractivity contribution in [3.63, 3.8) is 0 Å². The van der Waals surface area contributed by atoms with Crippen LogP contribution in [0.15, 0.2) is 22.7 Å². The summed E-state index contributed by atoms with van der Waals surface area (Å²) in [5.41, 5.74) is 2.47. The number of rotatable bonds is 3. The van der Waals surface area contributed by atoms with E-state index in [0.29, 0.717) is 4.77 Å². The molecule has 0 spiro atoms. The number of aromatic nitrogens is 2. The molecule has 0 aliphatic carbocycles. The number of fused-ring (bicyclic) bond motifs is 1. The molecule has 6 heteroatoms. The molecule has 1 fully saturated rings. The fraction of sp³-hybridized carbons (Fsp3) is 0.556. The molecule has 128 valence electrons. The molecule has 0 radical (unpaired) electrons. The van der Waals surface area contributed by atoms with E-state index in [1.54, 1.807) is 0 Å². The Hall–Kier alpha value is -1.66. The van der Waals surface area contributed by atoms with Gasteiger partial charge in [-0.25, -0.2) is 4.98 Å². The maximum Gasteiger partial charge on any atom is 0.196 e. The molecule has 1 saturated heterocycles. The van der Waals surface area contributed by atoms with E-state index in [-0.39, 0.29) is 0 Å². The van der Waals surface area contributed by atoms with Gasteiger partial charge in [-0.3, -0.25) is 4.90 Å². The Morgan fingerprint density at radius 3 is 2.96 bits per heavy atom. The van der Waals surface area contributed by atoms with Gasteiger partial charge in [0.25, 0.3) is 0 Å². The van der Waals surface area contributed by atoms with E-state index in [0.717, 1.165) is 56.7 Å². The molecular weight excluding hydrogens is 320 g/mol. The van der Waals surface area contributed by atoms with Crippen molar-refractivity contribution in [3.8, 4) is 0 Å². The van der Waals surface area contributed by atoms with Gasteiger partial charge in [0, 0.05) is 56.1 Å². The van der Waals surface area contributed by atoms with Gasteiger partial charge in [0.15, 0.2) is 10.7 Å². The smallest absolute Gasteiger partial charge is 0.196 e. The highest BCUT2D eigenvalue weighted by molar-refractivity contribution is 7.71. The van der Waals surface area contributed by atoms with Crippen molar-refractivity contribution in [1.82, 2.24) is 14.9 Å². The van der Waals surface area contributed by atoms with E-state index >= 15 is 0 Å². The number of aromatic amines is 1. The molecule has 0 aromatic carbocycles. The minimum Gasteiger partial charge on any atom is -0.444 e. The third-order valence-corrected chi connectivity index (χ3v) is 5.38. The van der Waals surface area contributed by atoms with Crippen molar-refractivity contribution in [3.05, 3.63) is 40.1 Å². The SMILES string of the molecule is CC1CCN(c2ccc(CN3CCc4[nH]c(=S)ncc4C3)o2)CC1. The second-order valence-electron chi connectivity index (χ2n) is 7.06. The summed E-state index contributed by atoms with van der Waals surface area (Å²) in [5, 5.41) is 0. The van der Waals surface area contributed by atoms with Crippen molar-refractivity contribution in [1.29, 1.82) is 0 Å². The minimum absolute atomic E-state index is 0.578. The lowest BCUT2D eigenvalue weighted by molar-refractivity contribution is 0.223. The van der Waals surface area contributed by atoms with Crippen LogP contribution in [-0.2, 0) is 19.5 Å². The van der Waals surface area contributed by atoms with E-state index < -0.39 is 0 Å². The van der Waals surface area contributed by atoms with Crippen LogP contribution < -0.4 is 4.90 Å². The van der Waals surface area contributed by atoms with E-state index in [2.05, 4.69) is 38.8 Å². The van der Waals surface area contributed by atoms with Gasteiger partial charge in [-0.1, -0.05) is 6.92 Å². The molecule has 2 aromatic rings. The second-order valence-corrected chi connectivity index (χ2v) is 7.45. The zero-order chi connectivity index (χ0) is 16.5. The molecule has 0 saturated carbocycles. The van der Waals surface area contributed by atoms with E-state index in [9.17, 15) is 0 Å². The highest BCUT2D eigenvalue weighted by Gasteiger charge is 2.21. The Labute approximate surface area is 147 Å². The van der Waals surface area contributed by atoms with E-state index in [1.165, 1.54) is 24.1 Å². The molecule has 1 N–H and O–H groups in total. The van der Waals surface area contributed by atoms with E-state index in [4.69, 9.17) is 16.6 Å². The zero-order valence-electron chi connectivity index (χ0n) is 14.1. The summed E-state index contributed by atoms with van der Waals surface area (Å²) in [6.45, 7) is 7.30. The Bertz CT molecular complexity index is 760. The molecule has 4 heterocycles. The van der Waals surface area contributed by atoms with Crippen LogP contribution in [0.25, 0.3) is 0 Å². The molecule has 0 unspecified atom stereocenters. The fourth-order valence-corrected chi connectivity index (χ4v) is 3.79. The van der Waals surface area contributed by atoms with Gasteiger partial charge < -0.3 is 14.3 Å². The quantitative estimate of drug-likeness (QED) is 0.863. The van der Waals surface area contributed by atoms with Crippen LogP contribution in [-0.4, -0.2) is 34.5 Å². The molecule has 4 rings (SSSR count). The standard InChI is InChI=1S/C18H24N4OS/c1-13-4-8-22(9-5-13)17-3-2-15(23-17)12-21-7-6-16-14(11-21)10-19-18(24)20-16/h2-3,10,13H,4-9,11-12H2,1H3,(H,19,20,24). The molecule has 2 aliphatic rings. The monoisotopic (exact) mass is 344 g/mol. The summed E-state index contributed by atoms with van der Waals surface area (Å²) in [7, 11) is 0. The van der Waals surface area contributed by atoms with Crippen LogP contribution in [0.2, 0.25) is 0 Å². The Balaban J connectivity index is 1.40. The van der Waals surface area contributed by atoms with Gasteiger partial charge in [0.05, 0.1) is 6.54 Å². The number of furan rings is 1. The summed E-state index contributed by atoms with van der Waals surface area (Å²) in [6, 6.07) is 4.25. The first kappa shape index (κ1) is 15.8. The minimum atomic E-state index is 0.578. The first-order chi connectivity index (χ1) is 11.7. The van der Waals surface area contributed by atoms with Gasteiger partial charge in [-0.05, 0) is 37.0 Å². The van der Waals surface area contributed by atoms with Crippen LogP contribution >= 0.6 is 12.2 Å². The van der Waals surface area contributed by atoms with Gasteiger partial charge in [-0.15, -0.1) is 0 Å². The lowest BCUT2D eigenvalue weighted by atomic mass is 9.99. The normalized spacial score (nSPS) is 19.5. The number of hydrogen-bond donors (Lipinski definition) is 1. The molecule has 5 nitrogen and oxygen atoms in total. The fourth-order valence-electron chi connectivity index (χ4n) is 3.61. The van der Waals surface area contributed by atoms with Crippen LogP contribution in [0.1, 0.15) is 36.8 Å². The third-order valence-electron chi connectivity index (χ3n) is 5.18. The van der Waals surface area contributed by atoms with Crippen molar-refractivity contribution in [2.45, 2.75) is 39.3 Å². The molecule has 0 atom stereocenters. The summed E-state index contributed by atoms with van der Waals surface area (Å²) in [6.07, 6.45) is 5.41. The molecule has 0 bridgehead atoms. The molecule has 2 aromatic heterocycles.